The van der Waals surface area contributed by atoms with Crippen molar-refractivity contribution in [1.82, 2.24) is 14.6 Å². The lowest BCUT2D eigenvalue weighted by atomic mass is 10.2. The predicted molar refractivity (Wildman–Crippen MR) is 122 cm³/mol. The lowest BCUT2D eigenvalue weighted by Gasteiger charge is -2.37. The van der Waals surface area contributed by atoms with Crippen LogP contribution in [0.1, 0.15) is 5.69 Å². The van der Waals surface area contributed by atoms with Crippen LogP contribution in [0.5, 0.6) is 5.75 Å². The highest BCUT2D eigenvalue weighted by molar-refractivity contribution is 6.32. The van der Waals surface area contributed by atoms with Crippen molar-refractivity contribution >= 4 is 40.5 Å². The van der Waals surface area contributed by atoms with E-state index in [2.05, 4.69) is 25.6 Å². The van der Waals surface area contributed by atoms with Crippen molar-refractivity contribution in [1.29, 1.82) is 0 Å². The molecule has 2 aromatic heterocycles. The number of aryl methyl sites for hydroxylation is 1. The first-order chi connectivity index (χ1) is 15.5. The number of rotatable bonds is 6. The number of anilines is 3. The molecule has 0 spiro atoms. The Morgan fingerprint density at radius 3 is 2.91 bits per heavy atom. The van der Waals surface area contributed by atoms with E-state index >= 15 is 0 Å². The zero-order valence-electron chi connectivity index (χ0n) is 18.1. The minimum Gasteiger partial charge on any atom is -0.495 e. The van der Waals surface area contributed by atoms with E-state index in [1.165, 1.54) is 7.11 Å². The molecule has 4 rings (SSSR count). The monoisotopic (exact) mass is 460 g/mol. The summed E-state index contributed by atoms with van der Waals surface area (Å²) in [6, 6.07) is 6.43. The Morgan fingerprint density at radius 2 is 2.16 bits per heavy atom. The summed E-state index contributed by atoms with van der Waals surface area (Å²) in [5.74, 6) is 1.25. The van der Waals surface area contributed by atoms with Gasteiger partial charge >= 0.3 is 6.03 Å². The van der Waals surface area contributed by atoms with E-state index < -0.39 is 6.03 Å². The topological polar surface area (TPSA) is 102 Å². The number of hydrogen-bond acceptors (Lipinski definition) is 7. The maximum Gasteiger partial charge on any atom is 0.323 e. The molecule has 170 valence electrons. The second kappa shape index (κ2) is 9.60. The van der Waals surface area contributed by atoms with Crippen LogP contribution in [0.15, 0.2) is 30.5 Å². The van der Waals surface area contributed by atoms with E-state index in [9.17, 15) is 4.79 Å². The van der Waals surface area contributed by atoms with Crippen LogP contribution in [-0.4, -0.2) is 67.3 Å². The number of nitrogens with zero attached hydrogens (tertiary/aromatic N) is 4. The maximum absolute atomic E-state index is 12.8. The van der Waals surface area contributed by atoms with Crippen LogP contribution in [0.25, 0.3) is 5.65 Å². The molecular weight excluding hydrogens is 436 g/mol. The second-order valence-corrected chi connectivity index (χ2v) is 7.76. The van der Waals surface area contributed by atoms with Crippen molar-refractivity contribution in [2.24, 2.45) is 0 Å². The van der Waals surface area contributed by atoms with Crippen molar-refractivity contribution in [2.45, 2.75) is 13.0 Å². The molecule has 0 unspecified atom stereocenters. The Hall–Kier alpha value is -3.08. The summed E-state index contributed by atoms with van der Waals surface area (Å²) in [7, 11) is 3.19. The van der Waals surface area contributed by atoms with Gasteiger partial charge in [0.1, 0.15) is 11.4 Å². The van der Waals surface area contributed by atoms with Crippen LogP contribution in [-0.2, 0) is 9.47 Å². The third-order valence-corrected chi connectivity index (χ3v) is 5.39. The van der Waals surface area contributed by atoms with E-state index in [-0.39, 0.29) is 6.04 Å². The van der Waals surface area contributed by atoms with E-state index in [4.69, 9.17) is 25.8 Å². The number of carbonyl (C=O) groups is 1. The molecule has 0 saturated carbocycles. The minimum atomic E-state index is -0.436. The number of methoxy groups -OCH3 is 2. The molecule has 10 nitrogen and oxygen atoms in total. The van der Waals surface area contributed by atoms with Gasteiger partial charge in [0.05, 0.1) is 49.9 Å². The zero-order chi connectivity index (χ0) is 22.7. The second-order valence-electron chi connectivity index (χ2n) is 7.36. The van der Waals surface area contributed by atoms with Gasteiger partial charge in [-0.1, -0.05) is 11.6 Å². The Morgan fingerprint density at radius 1 is 1.31 bits per heavy atom. The normalized spacial score (nSPS) is 16.2. The number of aromatic nitrogens is 3. The van der Waals surface area contributed by atoms with Gasteiger partial charge in [-0.3, -0.25) is 0 Å². The molecule has 3 aromatic rings. The average molecular weight is 461 g/mol. The molecule has 1 aliphatic heterocycles. The Kier molecular flexibility index (Phi) is 6.63. The van der Waals surface area contributed by atoms with E-state index in [1.54, 1.807) is 36.0 Å². The van der Waals surface area contributed by atoms with Gasteiger partial charge in [-0.2, -0.15) is 9.61 Å². The molecule has 2 N–H and O–H groups in total. The predicted octanol–water partition coefficient (Wildman–Crippen LogP) is 3.20. The van der Waals surface area contributed by atoms with Gasteiger partial charge in [0, 0.05) is 25.4 Å². The summed E-state index contributed by atoms with van der Waals surface area (Å²) in [6.07, 6.45) is 1.63. The van der Waals surface area contributed by atoms with Crippen LogP contribution in [0.3, 0.4) is 0 Å². The van der Waals surface area contributed by atoms with E-state index in [1.807, 2.05) is 13.0 Å². The minimum absolute atomic E-state index is 0.0344. The molecule has 3 heterocycles. The molecule has 1 saturated heterocycles. The highest BCUT2D eigenvalue weighted by atomic mass is 35.5. The first-order valence-electron chi connectivity index (χ1n) is 10.1. The molecule has 1 atom stereocenters. The number of halogens is 1. The van der Waals surface area contributed by atoms with Crippen LogP contribution in [0.2, 0.25) is 5.02 Å². The van der Waals surface area contributed by atoms with Gasteiger partial charge in [0.15, 0.2) is 11.5 Å². The maximum atomic E-state index is 12.8. The molecule has 1 aromatic carbocycles. The summed E-state index contributed by atoms with van der Waals surface area (Å²) >= 11 is 6.16. The number of hydrogen-bond donors (Lipinski definition) is 2. The molecule has 11 heteroatoms. The lowest BCUT2D eigenvalue weighted by molar-refractivity contribution is 0.0596. The molecule has 2 amide bonds. The van der Waals surface area contributed by atoms with Gasteiger partial charge < -0.3 is 29.7 Å². The van der Waals surface area contributed by atoms with Crippen LogP contribution in [0, 0.1) is 6.92 Å². The number of ether oxygens (including phenoxy) is 3. The van der Waals surface area contributed by atoms with Crippen LogP contribution >= 0.6 is 11.6 Å². The zero-order valence-corrected chi connectivity index (χ0v) is 18.8. The molecule has 32 heavy (non-hydrogen) atoms. The SMILES string of the molecule is COC[C@H]1COCCN1c1c(NC(=O)Nc2ccc(OC)c(Cl)c2)cnc2cc(C)nn12. The number of amides is 2. The molecule has 0 bridgehead atoms. The smallest absolute Gasteiger partial charge is 0.323 e. The van der Waals surface area contributed by atoms with Crippen LogP contribution < -0.4 is 20.3 Å². The fourth-order valence-corrected chi connectivity index (χ4v) is 3.95. The van der Waals surface area contributed by atoms with Crippen molar-refractivity contribution in [3.8, 4) is 5.75 Å². The first-order valence-corrected chi connectivity index (χ1v) is 10.5. The third-order valence-electron chi connectivity index (χ3n) is 5.10. The Balaban J connectivity index is 1.65. The highest BCUT2D eigenvalue weighted by Crippen LogP contribution is 2.30. The largest absolute Gasteiger partial charge is 0.495 e. The Labute approximate surface area is 190 Å². The summed E-state index contributed by atoms with van der Waals surface area (Å²) < 4.78 is 17.9. The number of urea groups is 1. The van der Waals surface area contributed by atoms with Crippen LogP contribution in [0.4, 0.5) is 22.0 Å². The fraction of sp³-hybridized carbons (Fsp3) is 0.381. The van der Waals surface area contributed by atoms with Crippen molar-refractivity contribution in [2.75, 3.05) is 56.1 Å². The molecule has 0 aliphatic carbocycles. The first kappa shape index (κ1) is 22.1. The van der Waals surface area contributed by atoms with Gasteiger partial charge in [-0.25, -0.2) is 9.78 Å². The molecule has 1 aliphatic rings. The summed E-state index contributed by atoms with van der Waals surface area (Å²) in [4.78, 5) is 19.4. The molecular formula is C21H25ClN6O4. The number of fused-ring (bicyclic) bond motifs is 1. The van der Waals surface area contributed by atoms with E-state index in [0.717, 1.165) is 11.5 Å². The summed E-state index contributed by atoms with van der Waals surface area (Å²) in [5.41, 5.74) is 2.56. The standard InChI is InChI=1S/C21H25ClN6O4/c1-13-8-19-23-10-17(25-21(29)24-14-4-5-18(31-3)16(22)9-14)20(28(19)26-13)27-6-7-32-12-15(27)11-30-2/h4-5,8-10,15H,6-7,11-12H2,1-3H3,(H2,24,25,29)/t15-/m0/s1. The number of morpholine rings is 1. The average Bonchev–Trinajstić information content (AvgIpc) is 3.15. The Bertz CT molecular complexity index is 1120. The van der Waals surface area contributed by atoms with Crippen molar-refractivity contribution in [3.05, 3.63) is 41.2 Å². The van der Waals surface area contributed by atoms with Gasteiger partial charge in [0.2, 0.25) is 0 Å². The quantitative estimate of drug-likeness (QED) is 0.582. The van der Waals surface area contributed by atoms with Gasteiger partial charge in [-0.15, -0.1) is 0 Å². The van der Waals surface area contributed by atoms with Gasteiger partial charge in [0.25, 0.3) is 0 Å². The lowest BCUT2D eigenvalue weighted by Crippen LogP contribution is -2.49. The highest BCUT2D eigenvalue weighted by Gasteiger charge is 2.28. The summed E-state index contributed by atoms with van der Waals surface area (Å²) in [6.45, 7) is 4.06. The fourth-order valence-electron chi connectivity index (χ4n) is 3.69. The number of nitrogens with one attached hydrogen (secondary N) is 2. The molecule has 1 fully saturated rings. The summed E-state index contributed by atoms with van der Waals surface area (Å²) in [5, 5.41) is 10.7. The van der Waals surface area contributed by atoms with Crippen molar-refractivity contribution in [3.63, 3.8) is 0 Å². The molecule has 0 radical (unpaired) electrons. The number of carbonyl (C=O) groups excluding carboxylic acids is 1. The van der Waals surface area contributed by atoms with Crippen molar-refractivity contribution < 1.29 is 19.0 Å². The van der Waals surface area contributed by atoms with Gasteiger partial charge in [-0.05, 0) is 25.1 Å². The van der Waals surface area contributed by atoms with E-state index in [0.29, 0.717) is 54.2 Å². The third kappa shape index (κ3) is 4.57. The number of benzene rings is 1.